The zero-order valence-electron chi connectivity index (χ0n) is 15.6. The highest BCUT2D eigenvalue weighted by Gasteiger charge is 2.32. The average Bonchev–Trinajstić information content (AvgIpc) is 3.08. The van der Waals surface area contributed by atoms with Crippen molar-refractivity contribution in [2.45, 2.75) is 20.3 Å². The minimum absolute atomic E-state index is 0.187. The van der Waals surface area contributed by atoms with Gasteiger partial charge in [-0.2, -0.15) is 22.0 Å². The smallest absolute Gasteiger partial charge is 0.348 e. The van der Waals surface area contributed by atoms with Crippen LogP contribution in [0.3, 0.4) is 0 Å². The van der Waals surface area contributed by atoms with E-state index in [0.29, 0.717) is 16.3 Å². The van der Waals surface area contributed by atoms with Crippen LogP contribution in [0, 0.1) is 13.8 Å². The first-order valence-electron chi connectivity index (χ1n) is 7.86. The number of H-pyrrole nitrogens is 1. The Morgan fingerprint density at radius 1 is 1.14 bits per heavy atom. The van der Waals surface area contributed by atoms with Gasteiger partial charge in [0.05, 0.1) is 12.0 Å². The van der Waals surface area contributed by atoms with Crippen LogP contribution in [0.2, 0.25) is 0 Å². The molecule has 0 saturated heterocycles. The molecule has 0 radical (unpaired) electrons. The number of imidazole rings is 1. The van der Waals surface area contributed by atoms with Gasteiger partial charge in [-0.25, -0.2) is 18.9 Å². The van der Waals surface area contributed by atoms with Crippen molar-refractivity contribution in [2.75, 3.05) is 11.4 Å². The third-order valence-electron chi connectivity index (χ3n) is 3.78. The molecule has 0 aliphatic rings. The van der Waals surface area contributed by atoms with E-state index in [1.807, 2.05) is 6.07 Å². The summed E-state index contributed by atoms with van der Waals surface area (Å²) < 4.78 is 54.5. The number of benzene rings is 1. The normalized spacial score (nSPS) is 11.7. The molecule has 0 unspecified atom stereocenters. The maximum absolute atomic E-state index is 12.4. The molecule has 158 valence electrons. The first-order chi connectivity index (χ1) is 13.3. The second-order valence-electron chi connectivity index (χ2n) is 5.98. The fraction of sp³-hybridized carbons (Fsp3) is 0.267. The average molecular weight is 446 g/mol. The van der Waals surface area contributed by atoms with Gasteiger partial charge in [-0.3, -0.25) is 0 Å². The lowest BCUT2D eigenvalue weighted by molar-refractivity contribution is -0.155. The highest BCUT2D eigenvalue weighted by molar-refractivity contribution is 7.88. The summed E-state index contributed by atoms with van der Waals surface area (Å²) in [5, 5.41) is 4.45. The van der Waals surface area contributed by atoms with Crippen LogP contribution in [-0.4, -0.2) is 45.8 Å². The van der Waals surface area contributed by atoms with E-state index in [9.17, 15) is 26.4 Å². The Hall–Kier alpha value is -2.97. The Labute approximate surface area is 167 Å². The molecule has 0 aliphatic carbocycles. The topological polar surface area (TPSA) is 179 Å². The van der Waals surface area contributed by atoms with E-state index in [1.54, 1.807) is 26.1 Å². The number of anilines is 1. The van der Waals surface area contributed by atoms with E-state index in [4.69, 9.17) is 0 Å². The zero-order valence-corrected chi connectivity index (χ0v) is 17.2. The van der Waals surface area contributed by atoms with Crippen LogP contribution in [0.25, 0.3) is 0 Å². The van der Waals surface area contributed by atoms with E-state index < -0.39 is 32.5 Å². The van der Waals surface area contributed by atoms with E-state index in [1.165, 1.54) is 6.33 Å². The molecule has 0 amide bonds. The molecule has 1 aromatic carbocycles. The fourth-order valence-corrected chi connectivity index (χ4v) is 3.54. The summed E-state index contributed by atoms with van der Waals surface area (Å²) in [5.74, 6) is -4.15. The lowest BCUT2D eigenvalue weighted by atomic mass is 9.99. The van der Waals surface area contributed by atoms with Gasteiger partial charge in [-0.15, -0.1) is 0 Å². The molecule has 0 spiro atoms. The number of hydrogen-bond donors (Lipinski definition) is 2. The Bertz CT molecular complexity index is 1140. The number of nitrogens with one attached hydrogen (secondary N) is 1. The predicted octanol–water partition coefficient (Wildman–Crippen LogP) is -0.412. The second-order valence-corrected chi connectivity index (χ2v) is 8.70. The summed E-state index contributed by atoms with van der Waals surface area (Å²) in [6.45, 7) is 3.42. The SMILES string of the molecule is Cc1cc(Cc2cnc[nH]2)c(C)c(N(C)S(=O)(=O)OC(=O)C(=O)OS(N)(=O)=O)c1. The number of hydrogen-bond acceptors (Lipinski definition) is 9. The van der Waals surface area contributed by atoms with Gasteiger partial charge >= 0.3 is 32.5 Å². The van der Waals surface area contributed by atoms with Crippen molar-refractivity contribution in [3.05, 3.63) is 47.0 Å². The summed E-state index contributed by atoms with van der Waals surface area (Å²) in [6.07, 6.45) is 3.58. The Morgan fingerprint density at radius 2 is 1.76 bits per heavy atom. The van der Waals surface area contributed by atoms with Gasteiger partial charge in [0, 0.05) is 25.4 Å². The minimum atomic E-state index is -4.81. The summed E-state index contributed by atoms with van der Waals surface area (Å²) in [7, 11) is -8.50. The maximum Gasteiger partial charge on any atom is 0.435 e. The molecule has 1 heterocycles. The fourth-order valence-electron chi connectivity index (χ4n) is 2.46. The molecular weight excluding hydrogens is 428 g/mol. The number of aromatic nitrogens is 2. The molecule has 14 heteroatoms. The van der Waals surface area contributed by atoms with Crippen LogP contribution in [0.1, 0.15) is 22.4 Å². The van der Waals surface area contributed by atoms with E-state index in [2.05, 4.69) is 23.5 Å². The highest BCUT2D eigenvalue weighted by atomic mass is 32.2. The number of aromatic amines is 1. The molecule has 2 rings (SSSR count). The molecule has 0 saturated carbocycles. The zero-order chi connectivity index (χ0) is 22.0. The molecule has 1 aromatic heterocycles. The standard InChI is InChI=1S/C15H18N4O8S2/c1-9-4-11(6-12-7-17-8-18-12)10(2)13(5-9)19(3)29(24,25)27-15(21)14(20)26-28(16,22)23/h4-5,7-8H,6H2,1-3H3,(H,17,18)(H2,16,22,23). The van der Waals surface area contributed by atoms with Crippen LogP contribution in [0.15, 0.2) is 24.7 Å². The largest absolute Gasteiger partial charge is 0.435 e. The number of nitrogens with zero attached hydrogens (tertiary/aromatic N) is 2. The van der Waals surface area contributed by atoms with Gasteiger partial charge in [0.25, 0.3) is 0 Å². The Kier molecular flexibility index (Phi) is 6.30. The first-order valence-corrected chi connectivity index (χ1v) is 10.7. The molecular formula is C15H18N4O8S2. The molecule has 3 N–H and O–H groups in total. The summed E-state index contributed by atoms with van der Waals surface area (Å²) >= 11 is 0. The third-order valence-corrected chi connectivity index (χ3v) is 5.40. The van der Waals surface area contributed by atoms with Crippen molar-refractivity contribution in [2.24, 2.45) is 5.14 Å². The van der Waals surface area contributed by atoms with Gasteiger partial charge in [-0.1, -0.05) is 6.07 Å². The summed E-state index contributed by atoms with van der Waals surface area (Å²) in [5.41, 5.74) is 3.06. The van der Waals surface area contributed by atoms with Gasteiger partial charge in [0.1, 0.15) is 0 Å². The third kappa shape index (κ3) is 5.75. The number of carbonyl (C=O) groups excluding carboxylic acids is 2. The first kappa shape index (κ1) is 22.3. The molecule has 12 nitrogen and oxygen atoms in total. The van der Waals surface area contributed by atoms with Crippen molar-refractivity contribution >= 4 is 38.2 Å². The monoisotopic (exact) mass is 446 g/mol. The van der Waals surface area contributed by atoms with E-state index in [0.717, 1.165) is 23.9 Å². The second kappa shape index (κ2) is 8.18. The van der Waals surface area contributed by atoms with Crippen molar-refractivity contribution in [1.29, 1.82) is 0 Å². The number of nitrogens with two attached hydrogens (primary N) is 1. The van der Waals surface area contributed by atoms with Crippen LogP contribution in [-0.2, 0) is 45.0 Å². The quantitative estimate of drug-likeness (QED) is 0.558. The van der Waals surface area contributed by atoms with Crippen molar-refractivity contribution < 1.29 is 34.8 Å². The van der Waals surface area contributed by atoms with Crippen LogP contribution in [0.4, 0.5) is 5.69 Å². The number of aryl methyl sites for hydroxylation is 1. The van der Waals surface area contributed by atoms with E-state index >= 15 is 0 Å². The van der Waals surface area contributed by atoms with Crippen LogP contribution in [0.5, 0.6) is 0 Å². The Balaban J connectivity index is 2.30. The molecule has 0 bridgehead atoms. The van der Waals surface area contributed by atoms with Crippen LogP contribution >= 0.6 is 0 Å². The van der Waals surface area contributed by atoms with Gasteiger partial charge in [0.2, 0.25) is 0 Å². The lowest BCUT2D eigenvalue weighted by Gasteiger charge is -2.22. The van der Waals surface area contributed by atoms with Crippen molar-refractivity contribution in [1.82, 2.24) is 9.97 Å². The van der Waals surface area contributed by atoms with Crippen molar-refractivity contribution in [3.8, 4) is 0 Å². The highest BCUT2D eigenvalue weighted by Crippen LogP contribution is 2.28. The van der Waals surface area contributed by atoms with Gasteiger partial charge in [0.15, 0.2) is 0 Å². The number of rotatable bonds is 6. The molecule has 2 aromatic rings. The molecule has 29 heavy (non-hydrogen) atoms. The minimum Gasteiger partial charge on any atom is -0.348 e. The molecule has 0 aliphatic heterocycles. The Morgan fingerprint density at radius 3 is 2.31 bits per heavy atom. The van der Waals surface area contributed by atoms with Gasteiger partial charge < -0.3 is 13.4 Å². The van der Waals surface area contributed by atoms with E-state index in [-0.39, 0.29) is 5.69 Å². The summed E-state index contributed by atoms with van der Waals surface area (Å²) in [6, 6.07) is 3.40. The number of carbonyl (C=O) groups is 2. The predicted molar refractivity (Wildman–Crippen MR) is 99.9 cm³/mol. The van der Waals surface area contributed by atoms with Crippen LogP contribution < -0.4 is 9.44 Å². The maximum atomic E-state index is 12.4. The summed E-state index contributed by atoms with van der Waals surface area (Å²) in [4.78, 5) is 29.7. The molecule has 0 fully saturated rings. The van der Waals surface area contributed by atoms with Crippen molar-refractivity contribution in [3.63, 3.8) is 0 Å². The molecule has 0 atom stereocenters. The van der Waals surface area contributed by atoms with Gasteiger partial charge in [-0.05, 0) is 36.6 Å². The lowest BCUT2D eigenvalue weighted by Crippen LogP contribution is -2.35.